The minimum atomic E-state index is -0.407. The summed E-state index contributed by atoms with van der Waals surface area (Å²) in [7, 11) is 3.11. The first-order valence-electron chi connectivity index (χ1n) is 7.39. The molecule has 0 saturated carbocycles. The monoisotopic (exact) mass is 312 g/mol. The molecule has 2 aromatic rings. The Morgan fingerprint density at radius 3 is 2.48 bits per heavy atom. The highest BCUT2D eigenvalue weighted by atomic mass is 16.5. The van der Waals surface area contributed by atoms with Gasteiger partial charge in [0.25, 0.3) is 0 Å². The van der Waals surface area contributed by atoms with Gasteiger partial charge in [0.15, 0.2) is 0 Å². The number of hydrogen-bond acceptors (Lipinski definition) is 4. The van der Waals surface area contributed by atoms with Gasteiger partial charge in [-0.3, -0.25) is 9.78 Å². The third-order valence-electron chi connectivity index (χ3n) is 3.72. The lowest BCUT2D eigenvalue weighted by Crippen LogP contribution is -2.25. The zero-order valence-corrected chi connectivity index (χ0v) is 13.8. The van der Waals surface area contributed by atoms with Crippen LogP contribution in [-0.4, -0.2) is 31.0 Å². The predicted molar refractivity (Wildman–Crippen MR) is 89.5 cm³/mol. The van der Waals surface area contributed by atoms with Crippen LogP contribution in [0.3, 0.4) is 0 Å². The van der Waals surface area contributed by atoms with Crippen LogP contribution in [0.25, 0.3) is 11.3 Å². The number of amides is 1. The first-order chi connectivity index (χ1) is 11.0. The van der Waals surface area contributed by atoms with E-state index in [2.05, 4.69) is 9.72 Å². The molecule has 1 aromatic carbocycles. The molecule has 0 aliphatic rings. The van der Waals surface area contributed by atoms with Crippen LogP contribution in [0.5, 0.6) is 0 Å². The fourth-order valence-electron chi connectivity index (χ4n) is 2.37. The van der Waals surface area contributed by atoms with Gasteiger partial charge < -0.3 is 9.64 Å². The molecule has 1 aromatic heterocycles. The average Bonchev–Trinajstić information content (AvgIpc) is 2.59. The summed E-state index contributed by atoms with van der Waals surface area (Å²) in [6.45, 7) is 3.80. The molecule has 5 heteroatoms. The van der Waals surface area contributed by atoms with Crippen molar-refractivity contribution in [1.82, 2.24) is 4.98 Å². The number of anilines is 1. The predicted octanol–water partition coefficient (Wildman–Crippen LogP) is 3.22. The molecule has 23 heavy (non-hydrogen) atoms. The number of nitrogens with zero attached hydrogens (tertiary/aromatic N) is 2. The second-order valence-electron chi connectivity index (χ2n) is 5.23. The van der Waals surface area contributed by atoms with E-state index in [1.165, 1.54) is 13.3 Å². The molecule has 0 spiro atoms. The Bertz CT molecular complexity index is 724. The number of carbonyl (C=O) groups excluding carboxylic acids is 2. The van der Waals surface area contributed by atoms with E-state index in [9.17, 15) is 9.59 Å². The van der Waals surface area contributed by atoms with E-state index < -0.39 is 5.97 Å². The number of esters is 1. The molecular weight excluding hydrogens is 292 g/mol. The molecule has 0 saturated heterocycles. The number of ether oxygens (including phenoxy) is 1. The second-order valence-corrected chi connectivity index (χ2v) is 5.23. The number of benzene rings is 1. The summed E-state index contributed by atoms with van der Waals surface area (Å²) in [6.07, 6.45) is 1.96. The smallest absolute Gasteiger partial charge is 0.339 e. The minimum absolute atomic E-state index is 0.0707. The summed E-state index contributed by atoms with van der Waals surface area (Å²) in [5.41, 5.74) is 3.98. The van der Waals surface area contributed by atoms with Gasteiger partial charge in [0.2, 0.25) is 5.91 Å². The molecule has 0 atom stereocenters. The average molecular weight is 312 g/mol. The molecule has 0 aliphatic carbocycles. The molecule has 0 N–H and O–H groups in total. The standard InChI is InChI=1S/C18H20N2O3/c1-5-17(21)20(3)16-9-7-13(10-12(16)2)15-8-6-14(11-19-15)18(22)23-4/h6-11H,5H2,1-4H3. The molecule has 0 fully saturated rings. The van der Waals surface area contributed by atoms with Crippen molar-refractivity contribution < 1.29 is 14.3 Å². The van der Waals surface area contributed by atoms with Crippen LogP contribution in [0, 0.1) is 6.92 Å². The third kappa shape index (κ3) is 3.56. The van der Waals surface area contributed by atoms with Crippen molar-refractivity contribution in [2.45, 2.75) is 20.3 Å². The Kier molecular flexibility index (Phi) is 5.11. The summed E-state index contributed by atoms with van der Waals surface area (Å²) in [5, 5.41) is 0. The van der Waals surface area contributed by atoms with Crippen LogP contribution < -0.4 is 4.90 Å². The van der Waals surface area contributed by atoms with Crippen molar-refractivity contribution in [3.05, 3.63) is 47.7 Å². The first-order valence-corrected chi connectivity index (χ1v) is 7.39. The third-order valence-corrected chi connectivity index (χ3v) is 3.72. The fourth-order valence-corrected chi connectivity index (χ4v) is 2.37. The lowest BCUT2D eigenvalue weighted by Gasteiger charge is -2.19. The van der Waals surface area contributed by atoms with E-state index in [1.54, 1.807) is 24.1 Å². The van der Waals surface area contributed by atoms with E-state index in [-0.39, 0.29) is 5.91 Å². The van der Waals surface area contributed by atoms with Crippen molar-refractivity contribution in [2.24, 2.45) is 0 Å². The summed E-state index contributed by atoms with van der Waals surface area (Å²) in [5.74, 6) is -0.336. The molecule has 1 heterocycles. The summed E-state index contributed by atoms with van der Waals surface area (Å²) in [6, 6.07) is 9.27. The van der Waals surface area contributed by atoms with Crippen LogP contribution in [0.15, 0.2) is 36.5 Å². The number of hydrogen-bond donors (Lipinski definition) is 0. The number of carbonyl (C=O) groups is 2. The second kappa shape index (κ2) is 7.05. The van der Waals surface area contributed by atoms with Gasteiger partial charge in [-0.15, -0.1) is 0 Å². The lowest BCUT2D eigenvalue weighted by atomic mass is 10.1. The van der Waals surface area contributed by atoms with Gasteiger partial charge in [0.1, 0.15) is 0 Å². The van der Waals surface area contributed by atoms with E-state index in [4.69, 9.17) is 0 Å². The maximum Gasteiger partial charge on any atom is 0.339 e. The maximum absolute atomic E-state index is 11.8. The van der Waals surface area contributed by atoms with Crippen molar-refractivity contribution in [3.63, 3.8) is 0 Å². The molecule has 2 rings (SSSR count). The summed E-state index contributed by atoms with van der Waals surface area (Å²) in [4.78, 5) is 29.2. The molecule has 0 aliphatic heterocycles. The minimum Gasteiger partial charge on any atom is -0.465 e. The van der Waals surface area contributed by atoms with Gasteiger partial charge in [0.05, 0.1) is 18.4 Å². The Labute approximate surface area is 135 Å². The molecule has 1 amide bonds. The van der Waals surface area contributed by atoms with Gasteiger partial charge >= 0.3 is 5.97 Å². The molecule has 120 valence electrons. The number of pyridine rings is 1. The number of aromatic nitrogens is 1. The quantitative estimate of drug-likeness (QED) is 0.813. The zero-order valence-electron chi connectivity index (χ0n) is 13.8. The van der Waals surface area contributed by atoms with E-state index in [0.717, 1.165) is 22.5 Å². The highest BCUT2D eigenvalue weighted by Gasteiger charge is 2.12. The molecular formula is C18H20N2O3. The molecule has 0 unspecified atom stereocenters. The highest BCUT2D eigenvalue weighted by molar-refractivity contribution is 5.93. The topological polar surface area (TPSA) is 59.5 Å². The largest absolute Gasteiger partial charge is 0.465 e. The van der Waals surface area contributed by atoms with Crippen molar-refractivity contribution in [3.8, 4) is 11.3 Å². The Morgan fingerprint density at radius 2 is 1.96 bits per heavy atom. The van der Waals surface area contributed by atoms with Crippen molar-refractivity contribution >= 4 is 17.6 Å². The van der Waals surface area contributed by atoms with Gasteiger partial charge in [0, 0.05) is 30.9 Å². The Balaban J connectivity index is 2.30. The first kappa shape index (κ1) is 16.7. The van der Waals surface area contributed by atoms with Crippen LogP contribution in [0.2, 0.25) is 0 Å². The molecule has 0 radical (unpaired) electrons. The Hall–Kier alpha value is -2.69. The fraction of sp³-hybridized carbons (Fsp3) is 0.278. The highest BCUT2D eigenvalue weighted by Crippen LogP contribution is 2.26. The van der Waals surface area contributed by atoms with E-state index in [0.29, 0.717) is 12.0 Å². The zero-order chi connectivity index (χ0) is 17.0. The summed E-state index contributed by atoms with van der Waals surface area (Å²) < 4.78 is 4.66. The van der Waals surface area contributed by atoms with Crippen LogP contribution >= 0.6 is 0 Å². The van der Waals surface area contributed by atoms with Gasteiger partial charge in [-0.1, -0.05) is 13.0 Å². The lowest BCUT2D eigenvalue weighted by molar-refractivity contribution is -0.118. The number of aryl methyl sites for hydroxylation is 1. The van der Waals surface area contributed by atoms with Gasteiger partial charge in [-0.25, -0.2) is 4.79 Å². The molecule has 0 bridgehead atoms. The van der Waals surface area contributed by atoms with Gasteiger partial charge in [-0.2, -0.15) is 0 Å². The van der Waals surface area contributed by atoms with Crippen LogP contribution in [0.1, 0.15) is 29.3 Å². The SMILES string of the molecule is CCC(=O)N(C)c1ccc(-c2ccc(C(=O)OC)cn2)cc1C. The Morgan fingerprint density at radius 1 is 1.22 bits per heavy atom. The number of rotatable bonds is 4. The maximum atomic E-state index is 11.8. The van der Waals surface area contributed by atoms with Crippen LogP contribution in [-0.2, 0) is 9.53 Å². The number of methoxy groups -OCH3 is 1. The summed E-state index contributed by atoms with van der Waals surface area (Å²) >= 11 is 0. The van der Waals surface area contributed by atoms with E-state index >= 15 is 0 Å². The van der Waals surface area contributed by atoms with Crippen molar-refractivity contribution in [1.29, 1.82) is 0 Å². The molecule has 5 nitrogen and oxygen atoms in total. The van der Waals surface area contributed by atoms with Crippen molar-refractivity contribution in [2.75, 3.05) is 19.1 Å². The van der Waals surface area contributed by atoms with Gasteiger partial charge in [-0.05, 0) is 36.8 Å². The van der Waals surface area contributed by atoms with E-state index in [1.807, 2.05) is 32.0 Å². The normalized spacial score (nSPS) is 10.3. The van der Waals surface area contributed by atoms with Crippen LogP contribution in [0.4, 0.5) is 5.69 Å².